The molecule has 1 saturated heterocycles. The summed E-state index contributed by atoms with van der Waals surface area (Å²) >= 11 is 0. The van der Waals surface area contributed by atoms with Gasteiger partial charge in [-0.3, -0.25) is 4.90 Å². The van der Waals surface area contributed by atoms with E-state index in [1.54, 1.807) is 14.2 Å². The van der Waals surface area contributed by atoms with Crippen LogP contribution in [0.1, 0.15) is 38.3 Å². The minimum Gasteiger partial charge on any atom is -0.497 e. The van der Waals surface area contributed by atoms with Crippen LogP contribution in [0, 0.1) is 5.92 Å². The third-order valence-electron chi connectivity index (χ3n) is 4.78. The summed E-state index contributed by atoms with van der Waals surface area (Å²) in [5.41, 5.74) is 7.40. The van der Waals surface area contributed by atoms with Crippen LogP contribution in [-0.2, 0) is 0 Å². The monoisotopic (exact) mass is 292 g/mol. The molecule has 4 nitrogen and oxygen atoms in total. The van der Waals surface area contributed by atoms with Gasteiger partial charge in [-0.1, -0.05) is 13.3 Å². The van der Waals surface area contributed by atoms with E-state index in [2.05, 4.69) is 24.8 Å². The third-order valence-corrected chi connectivity index (χ3v) is 4.78. The van der Waals surface area contributed by atoms with Crippen molar-refractivity contribution in [3.05, 3.63) is 23.8 Å². The van der Waals surface area contributed by atoms with E-state index in [-0.39, 0.29) is 0 Å². The average molecular weight is 292 g/mol. The van der Waals surface area contributed by atoms with Crippen molar-refractivity contribution in [2.24, 2.45) is 11.7 Å². The zero-order valence-electron chi connectivity index (χ0n) is 13.6. The molecule has 0 spiro atoms. The van der Waals surface area contributed by atoms with E-state index in [0.717, 1.165) is 37.4 Å². The van der Waals surface area contributed by atoms with E-state index in [9.17, 15) is 0 Å². The second kappa shape index (κ2) is 7.14. The number of hydrogen-bond acceptors (Lipinski definition) is 4. The van der Waals surface area contributed by atoms with Crippen molar-refractivity contribution in [1.82, 2.24) is 4.90 Å². The molecule has 0 saturated carbocycles. The molecule has 0 aliphatic carbocycles. The van der Waals surface area contributed by atoms with Crippen LogP contribution < -0.4 is 15.2 Å². The number of nitrogens with zero attached hydrogens (tertiary/aromatic N) is 1. The van der Waals surface area contributed by atoms with Crippen molar-refractivity contribution in [2.75, 3.05) is 27.3 Å². The van der Waals surface area contributed by atoms with Crippen LogP contribution in [0.4, 0.5) is 0 Å². The highest BCUT2D eigenvalue weighted by molar-refractivity contribution is 5.42. The quantitative estimate of drug-likeness (QED) is 0.906. The van der Waals surface area contributed by atoms with Gasteiger partial charge >= 0.3 is 0 Å². The summed E-state index contributed by atoms with van der Waals surface area (Å²) in [5, 5.41) is 0. The van der Waals surface area contributed by atoms with Gasteiger partial charge in [-0.05, 0) is 37.5 Å². The molecule has 0 amide bonds. The first-order valence-electron chi connectivity index (χ1n) is 7.82. The maximum atomic E-state index is 6.22. The van der Waals surface area contributed by atoms with Gasteiger partial charge in [0, 0.05) is 30.7 Å². The van der Waals surface area contributed by atoms with Gasteiger partial charge in [0.15, 0.2) is 0 Å². The molecule has 1 aliphatic rings. The summed E-state index contributed by atoms with van der Waals surface area (Å²) in [5.74, 6) is 2.38. The highest BCUT2D eigenvalue weighted by atomic mass is 16.5. The molecule has 0 radical (unpaired) electrons. The molecule has 1 aliphatic heterocycles. The lowest BCUT2D eigenvalue weighted by Crippen LogP contribution is -2.47. The van der Waals surface area contributed by atoms with Crippen LogP contribution in [0.25, 0.3) is 0 Å². The van der Waals surface area contributed by atoms with Crippen LogP contribution in [0.5, 0.6) is 11.5 Å². The van der Waals surface area contributed by atoms with Gasteiger partial charge in [-0.25, -0.2) is 0 Å². The van der Waals surface area contributed by atoms with Crippen molar-refractivity contribution in [3.8, 4) is 11.5 Å². The van der Waals surface area contributed by atoms with Gasteiger partial charge < -0.3 is 15.2 Å². The Morgan fingerprint density at radius 3 is 2.71 bits per heavy atom. The zero-order valence-corrected chi connectivity index (χ0v) is 13.6. The first kappa shape index (κ1) is 16.1. The summed E-state index contributed by atoms with van der Waals surface area (Å²) in [7, 11) is 3.42. The molecule has 0 aromatic heterocycles. The number of rotatable bonds is 5. The van der Waals surface area contributed by atoms with E-state index < -0.39 is 0 Å². The molecule has 1 aromatic rings. The van der Waals surface area contributed by atoms with E-state index in [1.165, 1.54) is 5.56 Å². The van der Waals surface area contributed by atoms with Crippen LogP contribution in [-0.4, -0.2) is 38.3 Å². The standard InChI is InChI=1S/C17H28N2O2/c1-5-13-11-19(9-8-16(13)18)12(2)15-10-14(20-3)6-7-17(15)21-4/h6-7,10,12-13,16H,5,8-9,11,18H2,1-4H3. The lowest BCUT2D eigenvalue weighted by atomic mass is 9.89. The Labute approximate surface area is 128 Å². The summed E-state index contributed by atoms with van der Waals surface area (Å²) < 4.78 is 10.9. The van der Waals surface area contributed by atoms with Gasteiger partial charge in [-0.15, -0.1) is 0 Å². The normalized spacial score (nSPS) is 24.6. The van der Waals surface area contributed by atoms with Gasteiger partial charge in [0.2, 0.25) is 0 Å². The lowest BCUT2D eigenvalue weighted by molar-refractivity contribution is 0.112. The second-order valence-corrected chi connectivity index (χ2v) is 5.90. The van der Waals surface area contributed by atoms with Gasteiger partial charge in [0.25, 0.3) is 0 Å². The molecule has 4 heteroatoms. The molecule has 118 valence electrons. The number of nitrogens with two attached hydrogens (primary N) is 1. The number of likely N-dealkylation sites (tertiary alicyclic amines) is 1. The summed E-state index contributed by atoms with van der Waals surface area (Å²) in [6.07, 6.45) is 2.20. The smallest absolute Gasteiger partial charge is 0.123 e. The summed E-state index contributed by atoms with van der Waals surface area (Å²) in [6, 6.07) is 6.65. The molecule has 0 bridgehead atoms. The fourth-order valence-electron chi connectivity index (χ4n) is 3.22. The molecule has 3 atom stereocenters. The molecule has 2 N–H and O–H groups in total. The number of piperidine rings is 1. The Bertz CT molecular complexity index is 464. The third kappa shape index (κ3) is 3.50. The van der Waals surface area contributed by atoms with Gasteiger partial charge in [0.1, 0.15) is 11.5 Å². The minimum atomic E-state index is 0.302. The second-order valence-electron chi connectivity index (χ2n) is 5.90. The lowest BCUT2D eigenvalue weighted by Gasteiger charge is -2.40. The van der Waals surface area contributed by atoms with E-state index in [1.807, 2.05) is 12.1 Å². The number of ether oxygens (including phenoxy) is 2. The van der Waals surface area contributed by atoms with E-state index in [4.69, 9.17) is 15.2 Å². The molecule has 3 unspecified atom stereocenters. The van der Waals surface area contributed by atoms with Crippen molar-refractivity contribution < 1.29 is 9.47 Å². The Morgan fingerprint density at radius 2 is 2.10 bits per heavy atom. The Morgan fingerprint density at radius 1 is 1.33 bits per heavy atom. The molecule has 21 heavy (non-hydrogen) atoms. The molecule has 1 fully saturated rings. The zero-order chi connectivity index (χ0) is 15.4. The SMILES string of the molecule is CCC1CN(C(C)c2cc(OC)ccc2OC)CCC1N. The van der Waals surface area contributed by atoms with Crippen molar-refractivity contribution in [3.63, 3.8) is 0 Å². The Hall–Kier alpha value is -1.26. The Kier molecular flexibility index (Phi) is 5.48. The topological polar surface area (TPSA) is 47.7 Å². The van der Waals surface area contributed by atoms with Crippen LogP contribution in [0.2, 0.25) is 0 Å². The fourth-order valence-corrected chi connectivity index (χ4v) is 3.22. The fraction of sp³-hybridized carbons (Fsp3) is 0.647. The predicted molar refractivity (Wildman–Crippen MR) is 85.9 cm³/mol. The minimum absolute atomic E-state index is 0.302. The molecule has 1 heterocycles. The first-order chi connectivity index (χ1) is 10.1. The van der Waals surface area contributed by atoms with Crippen LogP contribution in [0.15, 0.2) is 18.2 Å². The molecule has 1 aromatic carbocycles. The number of hydrogen-bond donors (Lipinski definition) is 1. The molecule has 2 rings (SSSR count). The van der Waals surface area contributed by atoms with Crippen molar-refractivity contribution in [2.45, 2.75) is 38.8 Å². The predicted octanol–water partition coefficient (Wildman–Crippen LogP) is 2.82. The maximum Gasteiger partial charge on any atom is 0.123 e. The maximum absolute atomic E-state index is 6.22. The van der Waals surface area contributed by atoms with Crippen LogP contribution >= 0.6 is 0 Å². The Balaban J connectivity index is 2.20. The van der Waals surface area contributed by atoms with Crippen molar-refractivity contribution >= 4 is 0 Å². The van der Waals surface area contributed by atoms with Crippen molar-refractivity contribution in [1.29, 1.82) is 0 Å². The largest absolute Gasteiger partial charge is 0.497 e. The summed E-state index contributed by atoms with van der Waals surface area (Å²) in [4.78, 5) is 2.51. The average Bonchev–Trinajstić information content (AvgIpc) is 2.54. The highest BCUT2D eigenvalue weighted by Crippen LogP contribution is 2.34. The van der Waals surface area contributed by atoms with Gasteiger partial charge in [0.05, 0.1) is 14.2 Å². The van der Waals surface area contributed by atoms with E-state index in [0.29, 0.717) is 18.0 Å². The first-order valence-corrected chi connectivity index (χ1v) is 7.82. The highest BCUT2D eigenvalue weighted by Gasteiger charge is 2.29. The molecular weight excluding hydrogens is 264 g/mol. The van der Waals surface area contributed by atoms with Gasteiger partial charge in [-0.2, -0.15) is 0 Å². The summed E-state index contributed by atoms with van der Waals surface area (Å²) in [6.45, 7) is 6.56. The molecular formula is C17H28N2O2. The van der Waals surface area contributed by atoms with E-state index >= 15 is 0 Å². The number of benzene rings is 1. The van der Waals surface area contributed by atoms with Crippen LogP contribution in [0.3, 0.4) is 0 Å². The number of methoxy groups -OCH3 is 2.